The quantitative estimate of drug-likeness (QED) is 0.0178. The molecule has 0 unspecified atom stereocenters. The fraction of sp³-hybridized carbons (Fsp3) is 0.355. The first-order valence-corrected chi connectivity index (χ1v) is 27.8. The van der Waals surface area contributed by atoms with Crippen molar-refractivity contribution >= 4 is 59.6 Å². The molecule has 22 nitrogen and oxygen atoms in total. The van der Waals surface area contributed by atoms with E-state index in [0.29, 0.717) is 36.8 Å². The Kier molecular flexibility index (Phi) is 28.7. The number of ether oxygens (including phenoxy) is 4. The number of amides is 8. The van der Waals surface area contributed by atoms with E-state index in [1.54, 1.807) is 48.5 Å². The van der Waals surface area contributed by atoms with E-state index in [4.69, 9.17) is 18.9 Å². The smallest absolute Gasteiger partial charge is 0.407 e. The second-order valence-corrected chi connectivity index (χ2v) is 19.6. The van der Waals surface area contributed by atoms with E-state index >= 15 is 0 Å². The zero-order chi connectivity index (χ0) is 62.1. The maximum absolute atomic E-state index is 14.5. The standard InChI is InChI=1S/C62H72F2N8O14/c1-83-59(79)51(20-9-11-32-67-61(81)85-41-45-14-5-3-6-15-45)69-55(75)39-71(37-53(73)65-34-30-43-22-26-49(63)27-23-43)57(77)47-18-13-19-48(36-47)58(78)72(38-54(74)66-35-31-44-24-28-50(64)29-25-44)40-56(76)70-52(60(80)84-2)21-10-12-33-68-62(82)86-42-46-16-7-4-8-17-46/h3-8,13-19,22-29,36,51-52H,9-12,20-21,30-35,37-42H2,1-2H3,(H,65,73)(H,66,74)(H,67,81)(H,68,82)(H,69,75)(H,70,76)/t51-,52-/m1/s1. The van der Waals surface area contributed by atoms with E-state index in [0.717, 1.165) is 41.2 Å². The van der Waals surface area contributed by atoms with E-state index in [9.17, 15) is 56.7 Å². The summed E-state index contributed by atoms with van der Waals surface area (Å²) in [7, 11) is 2.25. The molecule has 0 fully saturated rings. The number of esters is 2. The van der Waals surface area contributed by atoms with E-state index in [2.05, 4.69) is 31.9 Å². The van der Waals surface area contributed by atoms with Crippen molar-refractivity contribution in [2.75, 3.05) is 66.6 Å². The maximum Gasteiger partial charge on any atom is 0.407 e. The molecule has 0 radical (unpaired) electrons. The van der Waals surface area contributed by atoms with Gasteiger partial charge in [0.15, 0.2) is 0 Å². The normalized spacial score (nSPS) is 11.3. The number of alkyl carbamates (subject to hydrolysis) is 2. The van der Waals surface area contributed by atoms with Gasteiger partial charge in [0.05, 0.1) is 14.2 Å². The second kappa shape index (κ2) is 36.8. The molecule has 0 aliphatic heterocycles. The van der Waals surface area contributed by atoms with Crippen molar-refractivity contribution in [1.82, 2.24) is 41.7 Å². The molecule has 5 aromatic rings. The average Bonchev–Trinajstić information content (AvgIpc) is 3.37. The molecule has 8 amide bonds. The summed E-state index contributed by atoms with van der Waals surface area (Å²) in [5.41, 5.74) is 2.58. The van der Waals surface area contributed by atoms with Crippen LogP contribution in [0.1, 0.15) is 81.5 Å². The van der Waals surface area contributed by atoms with Crippen LogP contribution in [0.5, 0.6) is 0 Å². The summed E-state index contributed by atoms with van der Waals surface area (Å²) in [6, 6.07) is 32.0. The number of methoxy groups -OCH3 is 2. The minimum absolute atomic E-state index is 0.0541. The molecule has 86 heavy (non-hydrogen) atoms. The molecular formula is C62H72F2N8O14. The number of carbonyl (C=O) groups excluding carboxylic acids is 10. The van der Waals surface area contributed by atoms with Gasteiger partial charge in [-0.1, -0.05) is 91.0 Å². The second-order valence-electron chi connectivity index (χ2n) is 19.6. The van der Waals surface area contributed by atoms with E-state index < -0.39 is 109 Å². The number of nitrogens with zero attached hydrogens (tertiary/aromatic N) is 2. The van der Waals surface area contributed by atoms with Crippen LogP contribution in [0.4, 0.5) is 18.4 Å². The average molecular weight is 1190 g/mol. The van der Waals surface area contributed by atoms with Gasteiger partial charge in [0.2, 0.25) is 23.6 Å². The molecule has 0 aliphatic carbocycles. The van der Waals surface area contributed by atoms with Crippen LogP contribution < -0.4 is 31.9 Å². The van der Waals surface area contributed by atoms with Crippen LogP contribution in [-0.2, 0) is 73.8 Å². The summed E-state index contributed by atoms with van der Waals surface area (Å²) in [6.45, 7) is -2.37. The lowest BCUT2D eigenvalue weighted by Crippen LogP contribution is -2.50. The van der Waals surface area contributed by atoms with Crippen molar-refractivity contribution in [2.45, 2.75) is 76.7 Å². The SMILES string of the molecule is COC(=O)[C@@H](CCCCNC(=O)OCc1ccccc1)NC(=O)CN(CC(=O)NCCc1ccc(F)cc1)C(=O)c1cccc(C(=O)N(CC(=O)NCCc2ccc(F)cc2)CC(=O)N[C@H](CCCCNC(=O)OCc2ccccc2)C(=O)OC)c1. The minimum atomic E-state index is -1.21. The molecule has 5 rings (SSSR count). The van der Waals surface area contributed by atoms with E-state index in [1.807, 2.05) is 36.4 Å². The molecule has 0 aliphatic rings. The highest BCUT2D eigenvalue weighted by Crippen LogP contribution is 2.14. The molecule has 2 atom stereocenters. The summed E-state index contributed by atoms with van der Waals surface area (Å²) in [6.07, 6.45) is 0.757. The van der Waals surface area contributed by atoms with Crippen LogP contribution in [0.15, 0.2) is 133 Å². The zero-order valence-corrected chi connectivity index (χ0v) is 48.0. The van der Waals surface area contributed by atoms with Crippen molar-refractivity contribution < 1.29 is 75.7 Å². The van der Waals surface area contributed by atoms with Gasteiger partial charge >= 0.3 is 24.1 Å². The lowest BCUT2D eigenvalue weighted by molar-refractivity contribution is -0.145. The van der Waals surface area contributed by atoms with Gasteiger partial charge in [0, 0.05) is 37.3 Å². The highest BCUT2D eigenvalue weighted by atomic mass is 19.1. The Morgan fingerprint density at radius 3 is 1.16 bits per heavy atom. The Labute approximate surface area is 497 Å². The molecule has 0 saturated heterocycles. The highest BCUT2D eigenvalue weighted by molar-refractivity contribution is 6.03. The van der Waals surface area contributed by atoms with Gasteiger partial charge in [-0.15, -0.1) is 0 Å². The van der Waals surface area contributed by atoms with Crippen molar-refractivity contribution in [2.24, 2.45) is 0 Å². The summed E-state index contributed by atoms with van der Waals surface area (Å²) in [4.78, 5) is 136. The summed E-state index contributed by atoms with van der Waals surface area (Å²) < 4.78 is 47.5. The van der Waals surface area contributed by atoms with Gasteiger partial charge < -0.3 is 60.6 Å². The highest BCUT2D eigenvalue weighted by Gasteiger charge is 2.29. The Hall–Kier alpha value is -9.74. The summed E-state index contributed by atoms with van der Waals surface area (Å²) >= 11 is 0. The van der Waals surface area contributed by atoms with Crippen molar-refractivity contribution in [1.29, 1.82) is 0 Å². The first kappa shape index (κ1) is 67.1. The number of benzene rings is 5. The number of rotatable bonds is 34. The van der Waals surface area contributed by atoms with Gasteiger partial charge in [-0.25, -0.2) is 28.0 Å². The van der Waals surface area contributed by atoms with E-state index in [1.165, 1.54) is 42.5 Å². The van der Waals surface area contributed by atoms with Crippen LogP contribution in [-0.4, -0.2) is 148 Å². The largest absolute Gasteiger partial charge is 0.467 e. The number of hydrogen-bond acceptors (Lipinski definition) is 14. The molecule has 0 heterocycles. The molecule has 6 N–H and O–H groups in total. The monoisotopic (exact) mass is 1190 g/mol. The minimum Gasteiger partial charge on any atom is -0.467 e. The van der Waals surface area contributed by atoms with Crippen molar-refractivity contribution in [3.8, 4) is 0 Å². The van der Waals surface area contributed by atoms with Gasteiger partial charge in [0.1, 0.15) is 63.1 Å². The molecule has 0 bridgehead atoms. The number of nitrogens with one attached hydrogen (secondary N) is 6. The lowest BCUT2D eigenvalue weighted by Gasteiger charge is -2.25. The Balaban J connectivity index is 1.28. The molecule has 24 heteroatoms. The first-order chi connectivity index (χ1) is 41.5. The van der Waals surface area contributed by atoms with Gasteiger partial charge in [-0.05, 0) is 116 Å². The predicted molar refractivity (Wildman–Crippen MR) is 309 cm³/mol. The van der Waals surface area contributed by atoms with E-state index in [-0.39, 0.29) is 76.2 Å². The molecular weight excluding hydrogens is 1120 g/mol. The maximum atomic E-state index is 14.5. The fourth-order valence-electron chi connectivity index (χ4n) is 8.49. The Morgan fingerprint density at radius 2 is 0.791 bits per heavy atom. The van der Waals surface area contributed by atoms with Crippen molar-refractivity contribution in [3.05, 3.63) is 178 Å². The first-order valence-electron chi connectivity index (χ1n) is 27.8. The van der Waals surface area contributed by atoms with Gasteiger partial charge in [-0.3, -0.25) is 28.8 Å². The third kappa shape index (κ3) is 25.0. The number of unbranched alkanes of at least 4 members (excludes halogenated alkanes) is 2. The number of hydrogen-bond donors (Lipinski definition) is 6. The molecule has 0 saturated carbocycles. The van der Waals surface area contributed by atoms with Crippen molar-refractivity contribution in [3.63, 3.8) is 0 Å². The van der Waals surface area contributed by atoms with Crippen LogP contribution in [0.25, 0.3) is 0 Å². The van der Waals surface area contributed by atoms with Gasteiger partial charge in [0.25, 0.3) is 11.8 Å². The molecule has 5 aromatic carbocycles. The lowest BCUT2D eigenvalue weighted by atomic mass is 10.1. The van der Waals surface area contributed by atoms with Crippen LogP contribution in [0.2, 0.25) is 0 Å². The predicted octanol–water partition coefficient (Wildman–Crippen LogP) is 5.08. The molecule has 0 spiro atoms. The third-order valence-electron chi connectivity index (χ3n) is 13.0. The van der Waals surface area contributed by atoms with Gasteiger partial charge in [-0.2, -0.15) is 0 Å². The summed E-state index contributed by atoms with van der Waals surface area (Å²) in [5.74, 6) is -7.50. The zero-order valence-electron chi connectivity index (χ0n) is 48.0. The Bertz CT molecular complexity index is 2830. The van der Waals surface area contributed by atoms with Crippen LogP contribution >= 0.6 is 0 Å². The topological polar surface area (TPSA) is 286 Å². The number of halogens is 2. The van der Waals surface area contributed by atoms with Crippen LogP contribution in [0.3, 0.4) is 0 Å². The Morgan fingerprint density at radius 1 is 0.419 bits per heavy atom. The number of carbonyl (C=O) groups is 10. The fourth-order valence-corrected chi connectivity index (χ4v) is 8.49. The summed E-state index contributed by atoms with van der Waals surface area (Å²) in [5, 5.41) is 15.7. The third-order valence-corrected chi connectivity index (χ3v) is 13.0. The molecule has 0 aromatic heterocycles. The van der Waals surface area contributed by atoms with Crippen LogP contribution in [0, 0.1) is 11.6 Å². The molecule has 458 valence electrons.